The van der Waals surface area contributed by atoms with Gasteiger partial charge in [0.05, 0.1) is 12.7 Å². The van der Waals surface area contributed by atoms with E-state index < -0.39 is 0 Å². The number of rotatable bonds is 15. The summed E-state index contributed by atoms with van der Waals surface area (Å²) >= 11 is 0. The summed E-state index contributed by atoms with van der Waals surface area (Å²) in [5, 5.41) is 9.02. The van der Waals surface area contributed by atoms with Crippen molar-refractivity contribution < 1.29 is 4.74 Å². The van der Waals surface area contributed by atoms with E-state index in [1.54, 1.807) is 0 Å². The second-order valence-electron chi connectivity index (χ2n) is 7.06. The van der Waals surface area contributed by atoms with Gasteiger partial charge in [0.15, 0.2) is 0 Å². The molecule has 0 radical (unpaired) electrons. The van der Waals surface area contributed by atoms with Crippen molar-refractivity contribution in [1.82, 2.24) is 0 Å². The molecule has 0 spiro atoms. The van der Waals surface area contributed by atoms with Crippen LogP contribution < -0.4 is 4.74 Å². The highest BCUT2D eigenvalue weighted by molar-refractivity contribution is 5.33. The third-order valence-electron chi connectivity index (χ3n) is 4.92. The molecule has 2 nitrogen and oxygen atoms in total. The van der Waals surface area contributed by atoms with Crippen LogP contribution in [0.2, 0.25) is 0 Å². The van der Waals surface area contributed by atoms with Crippen LogP contribution in [0.3, 0.4) is 0 Å². The monoisotopic (exact) mass is 343 g/mol. The van der Waals surface area contributed by atoms with Crippen molar-refractivity contribution >= 4 is 0 Å². The van der Waals surface area contributed by atoms with Gasteiger partial charge in [-0.25, -0.2) is 0 Å². The molecule has 1 unspecified atom stereocenters. The molecule has 1 aromatic rings. The lowest BCUT2D eigenvalue weighted by molar-refractivity contribution is 0.288. The first kappa shape index (κ1) is 21.6. The van der Waals surface area contributed by atoms with Crippen LogP contribution in [0.1, 0.15) is 90.0 Å². The molecule has 0 saturated carbocycles. The lowest BCUT2D eigenvalue weighted by Gasteiger charge is -2.12. The van der Waals surface area contributed by atoms with Gasteiger partial charge in [-0.3, -0.25) is 0 Å². The maximum Gasteiger partial charge on any atom is 0.122 e. The molecule has 0 fully saturated rings. The summed E-state index contributed by atoms with van der Waals surface area (Å²) in [4.78, 5) is 0. The van der Waals surface area contributed by atoms with Crippen LogP contribution in [0.25, 0.3) is 0 Å². The zero-order chi connectivity index (χ0) is 18.2. The SMILES string of the molecule is CCCCCCCCCCCc1ccccc1OCCC(C#N)CC. The maximum atomic E-state index is 9.02. The minimum Gasteiger partial charge on any atom is -0.493 e. The van der Waals surface area contributed by atoms with Crippen LogP contribution in [0.15, 0.2) is 24.3 Å². The van der Waals surface area contributed by atoms with Crippen molar-refractivity contribution in [3.05, 3.63) is 29.8 Å². The molecule has 1 aromatic carbocycles. The highest BCUT2D eigenvalue weighted by Gasteiger charge is 2.07. The molecule has 0 N–H and O–H groups in total. The van der Waals surface area contributed by atoms with Crippen molar-refractivity contribution in [3.63, 3.8) is 0 Å². The summed E-state index contributed by atoms with van der Waals surface area (Å²) in [6, 6.07) is 10.7. The Morgan fingerprint density at radius 2 is 1.56 bits per heavy atom. The Morgan fingerprint density at radius 3 is 2.20 bits per heavy atom. The quantitative estimate of drug-likeness (QED) is 0.319. The molecular formula is C23H37NO. The molecule has 0 aliphatic rings. The van der Waals surface area contributed by atoms with Gasteiger partial charge in [-0.15, -0.1) is 0 Å². The number of benzene rings is 1. The zero-order valence-electron chi connectivity index (χ0n) is 16.4. The number of ether oxygens (including phenoxy) is 1. The van der Waals surface area contributed by atoms with Crippen LogP contribution in [0.5, 0.6) is 5.75 Å². The normalized spacial score (nSPS) is 11.9. The highest BCUT2D eigenvalue weighted by atomic mass is 16.5. The molecule has 0 bridgehead atoms. The summed E-state index contributed by atoms with van der Waals surface area (Å²) in [6.07, 6.45) is 15.1. The first-order chi connectivity index (χ1) is 12.3. The van der Waals surface area contributed by atoms with Gasteiger partial charge >= 0.3 is 0 Å². The molecule has 140 valence electrons. The van der Waals surface area contributed by atoms with Gasteiger partial charge in [0.1, 0.15) is 5.75 Å². The van der Waals surface area contributed by atoms with Crippen molar-refractivity contribution in [3.8, 4) is 11.8 Å². The highest BCUT2D eigenvalue weighted by Crippen LogP contribution is 2.22. The number of unbranched alkanes of at least 4 members (excludes halogenated alkanes) is 8. The van der Waals surface area contributed by atoms with E-state index in [0.29, 0.717) is 6.61 Å². The van der Waals surface area contributed by atoms with Crippen molar-refractivity contribution in [2.45, 2.75) is 90.9 Å². The average molecular weight is 344 g/mol. The summed E-state index contributed by atoms with van der Waals surface area (Å²) < 4.78 is 5.95. The van der Waals surface area contributed by atoms with Crippen LogP contribution in [-0.2, 0) is 6.42 Å². The molecule has 0 amide bonds. The first-order valence-corrected chi connectivity index (χ1v) is 10.4. The number of hydrogen-bond donors (Lipinski definition) is 0. The maximum absolute atomic E-state index is 9.02. The Hall–Kier alpha value is -1.49. The molecule has 0 aliphatic heterocycles. The van der Waals surface area contributed by atoms with Gasteiger partial charge in [-0.05, 0) is 37.3 Å². The van der Waals surface area contributed by atoms with Crippen molar-refractivity contribution in [2.24, 2.45) is 5.92 Å². The predicted octanol–water partition coefficient (Wildman–Crippen LogP) is 7.08. The number of nitriles is 1. The van der Waals surface area contributed by atoms with E-state index >= 15 is 0 Å². The minimum atomic E-state index is 0.115. The van der Waals surface area contributed by atoms with Gasteiger partial charge in [-0.2, -0.15) is 5.26 Å². The van der Waals surface area contributed by atoms with Gasteiger partial charge in [0.2, 0.25) is 0 Å². The molecule has 0 saturated heterocycles. The van der Waals surface area contributed by atoms with E-state index in [4.69, 9.17) is 10.00 Å². The molecule has 1 atom stereocenters. The average Bonchev–Trinajstić information content (AvgIpc) is 2.65. The van der Waals surface area contributed by atoms with Gasteiger partial charge in [-0.1, -0.05) is 83.4 Å². The molecular weight excluding hydrogens is 306 g/mol. The van der Waals surface area contributed by atoms with Gasteiger partial charge in [0, 0.05) is 5.92 Å². The summed E-state index contributed by atoms with van der Waals surface area (Å²) in [5.41, 5.74) is 1.32. The van der Waals surface area contributed by atoms with E-state index in [-0.39, 0.29) is 5.92 Å². The van der Waals surface area contributed by atoms with Crippen molar-refractivity contribution in [2.75, 3.05) is 6.61 Å². The molecule has 1 rings (SSSR count). The van der Waals surface area contributed by atoms with Crippen LogP contribution in [0.4, 0.5) is 0 Å². The minimum absolute atomic E-state index is 0.115. The zero-order valence-corrected chi connectivity index (χ0v) is 16.4. The van der Waals surface area contributed by atoms with E-state index in [2.05, 4.69) is 38.1 Å². The Labute approximate surface area is 155 Å². The smallest absolute Gasteiger partial charge is 0.122 e. The molecule has 0 aromatic heterocycles. The van der Waals surface area contributed by atoms with E-state index in [1.807, 2.05) is 6.07 Å². The topological polar surface area (TPSA) is 33.0 Å². The lowest BCUT2D eigenvalue weighted by atomic mass is 10.0. The molecule has 2 heteroatoms. The van der Waals surface area contributed by atoms with Crippen molar-refractivity contribution in [1.29, 1.82) is 5.26 Å². The van der Waals surface area contributed by atoms with Crippen LogP contribution in [0, 0.1) is 17.2 Å². The van der Waals surface area contributed by atoms with E-state index in [9.17, 15) is 0 Å². The lowest BCUT2D eigenvalue weighted by Crippen LogP contribution is -2.06. The standard InChI is InChI=1S/C23H37NO/c1-3-5-6-7-8-9-10-11-12-15-22-16-13-14-17-23(22)25-19-18-21(4-2)20-24/h13-14,16-17,21H,3-12,15,18-19H2,1-2H3. The fourth-order valence-corrected chi connectivity index (χ4v) is 3.15. The van der Waals surface area contributed by atoms with Crippen LogP contribution in [-0.4, -0.2) is 6.61 Å². The number of nitrogens with zero attached hydrogens (tertiary/aromatic N) is 1. The Bertz CT molecular complexity index is 477. The number of para-hydroxylation sites is 1. The molecule has 0 heterocycles. The molecule has 0 aliphatic carbocycles. The second-order valence-corrected chi connectivity index (χ2v) is 7.06. The van der Waals surface area contributed by atoms with E-state index in [0.717, 1.165) is 25.0 Å². The summed E-state index contributed by atoms with van der Waals surface area (Å²) in [6.45, 7) is 4.97. The first-order valence-electron chi connectivity index (χ1n) is 10.4. The predicted molar refractivity (Wildman–Crippen MR) is 107 cm³/mol. The Kier molecular flexibility index (Phi) is 12.8. The molecule has 25 heavy (non-hydrogen) atoms. The Balaban J connectivity index is 2.20. The summed E-state index contributed by atoms with van der Waals surface area (Å²) in [5.74, 6) is 1.12. The fraction of sp³-hybridized carbons (Fsp3) is 0.696. The number of hydrogen-bond acceptors (Lipinski definition) is 2. The van der Waals surface area contributed by atoms with E-state index in [1.165, 1.54) is 63.4 Å². The largest absolute Gasteiger partial charge is 0.493 e. The van der Waals surface area contributed by atoms with Crippen LogP contribution >= 0.6 is 0 Å². The van der Waals surface area contributed by atoms with Gasteiger partial charge < -0.3 is 4.74 Å². The fourth-order valence-electron chi connectivity index (χ4n) is 3.15. The van der Waals surface area contributed by atoms with Gasteiger partial charge in [0.25, 0.3) is 0 Å². The summed E-state index contributed by atoms with van der Waals surface area (Å²) in [7, 11) is 0. The second kappa shape index (κ2) is 14.8. The number of aryl methyl sites for hydroxylation is 1. The third-order valence-corrected chi connectivity index (χ3v) is 4.92. The Morgan fingerprint density at radius 1 is 0.920 bits per heavy atom. The third kappa shape index (κ3) is 10.2.